The number of urea groups is 1. The van der Waals surface area contributed by atoms with Gasteiger partial charge in [0.2, 0.25) is 0 Å². The van der Waals surface area contributed by atoms with Crippen molar-refractivity contribution in [2.75, 3.05) is 31.7 Å². The lowest BCUT2D eigenvalue weighted by molar-refractivity contribution is 0.0910. The Balaban J connectivity index is 1.84. The summed E-state index contributed by atoms with van der Waals surface area (Å²) < 4.78 is 24.1. The van der Waals surface area contributed by atoms with Gasteiger partial charge in [0.15, 0.2) is 0 Å². The first-order chi connectivity index (χ1) is 11.2. The highest BCUT2D eigenvalue weighted by Gasteiger charge is 2.09. The summed E-state index contributed by atoms with van der Waals surface area (Å²) in [6.45, 7) is 1.07. The number of halogens is 1. The monoisotopic (exact) mass is 322 g/mol. The van der Waals surface area contributed by atoms with E-state index in [4.69, 9.17) is 14.3 Å². The van der Waals surface area contributed by atoms with Crippen molar-refractivity contribution in [1.29, 1.82) is 0 Å². The molecule has 7 heteroatoms. The normalized spacial score (nSPS) is 10.5. The third-order valence-corrected chi connectivity index (χ3v) is 3.01. The maximum atomic E-state index is 13.8. The first-order valence-electron chi connectivity index (χ1n) is 7.27. The van der Waals surface area contributed by atoms with Gasteiger partial charge in [-0.05, 0) is 36.8 Å². The average Bonchev–Trinajstić information content (AvgIpc) is 3.07. The number of aliphatic hydroxyl groups excluding tert-OH is 1. The van der Waals surface area contributed by atoms with Gasteiger partial charge in [0.25, 0.3) is 0 Å². The van der Waals surface area contributed by atoms with Crippen LogP contribution < -0.4 is 10.6 Å². The molecule has 0 radical (unpaired) electrons. The van der Waals surface area contributed by atoms with E-state index in [1.165, 1.54) is 18.4 Å². The minimum absolute atomic E-state index is 0.0286. The summed E-state index contributed by atoms with van der Waals surface area (Å²) in [5, 5.41) is 13.6. The van der Waals surface area contributed by atoms with Crippen LogP contribution in [0.5, 0.6) is 0 Å². The van der Waals surface area contributed by atoms with E-state index in [1.54, 1.807) is 18.2 Å². The predicted molar refractivity (Wildman–Crippen MR) is 83.6 cm³/mol. The fourth-order valence-corrected chi connectivity index (χ4v) is 1.93. The lowest BCUT2D eigenvalue weighted by Crippen LogP contribution is -2.30. The first kappa shape index (κ1) is 17.0. The number of nitrogens with one attached hydrogen (secondary N) is 2. The van der Waals surface area contributed by atoms with Gasteiger partial charge < -0.3 is 24.9 Å². The van der Waals surface area contributed by atoms with Gasteiger partial charge in [-0.3, -0.25) is 0 Å². The summed E-state index contributed by atoms with van der Waals surface area (Å²) in [7, 11) is 0. The summed E-state index contributed by atoms with van der Waals surface area (Å²) >= 11 is 0. The zero-order valence-electron chi connectivity index (χ0n) is 12.5. The number of benzene rings is 1. The Bertz CT molecular complexity index is 617. The molecule has 23 heavy (non-hydrogen) atoms. The molecule has 2 rings (SSSR count). The Hall–Kier alpha value is -2.38. The van der Waals surface area contributed by atoms with Crippen LogP contribution in [0.25, 0.3) is 11.3 Å². The van der Waals surface area contributed by atoms with Crippen LogP contribution in [0.1, 0.15) is 6.42 Å². The summed E-state index contributed by atoms with van der Waals surface area (Å²) in [5.41, 5.74) is 0.747. The van der Waals surface area contributed by atoms with Gasteiger partial charge in [-0.1, -0.05) is 0 Å². The molecule has 1 heterocycles. The van der Waals surface area contributed by atoms with E-state index in [0.717, 1.165) is 0 Å². The van der Waals surface area contributed by atoms with E-state index in [-0.39, 0.29) is 18.9 Å². The van der Waals surface area contributed by atoms with Gasteiger partial charge in [-0.25, -0.2) is 9.18 Å². The number of carbonyl (C=O) groups excluding carboxylic acids is 1. The average molecular weight is 322 g/mol. The molecular weight excluding hydrogens is 303 g/mol. The minimum Gasteiger partial charge on any atom is -0.464 e. The van der Waals surface area contributed by atoms with Crippen molar-refractivity contribution >= 4 is 11.7 Å². The van der Waals surface area contributed by atoms with Gasteiger partial charge in [0.1, 0.15) is 11.6 Å². The zero-order chi connectivity index (χ0) is 16.5. The maximum Gasteiger partial charge on any atom is 0.319 e. The molecule has 0 bridgehead atoms. The molecule has 0 spiro atoms. The number of furan rings is 1. The van der Waals surface area contributed by atoms with E-state index in [0.29, 0.717) is 30.9 Å². The topological polar surface area (TPSA) is 83.7 Å². The molecule has 124 valence electrons. The van der Waals surface area contributed by atoms with E-state index in [2.05, 4.69) is 10.6 Å². The second-order valence-corrected chi connectivity index (χ2v) is 4.74. The molecule has 0 saturated carbocycles. The Morgan fingerprint density at radius 2 is 2.17 bits per heavy atom. The van der Waals surface area contributed by atoms with Crippen LogP contribution in [0.15, 0.2) is 41.0 Å². The van der Waals surface area contributed by atoms with Crippen molar-refractivity contribution in [2.45, 2.75) is 6.42 Å². The molecule has 0 saturated heterocycles. The molecule has 0 unspecified atom stereocenters. The molecule has 1 aromatic carbocycles. The Morgan fingerprint density at radius 3 is 2.91 bits per heavy atom. The van der Waals surface area contributed by atoms with Crippen LogP contribution in [0.3, 0.4) is 0 Å². The van der Waals surface area contributed by atoms with Gasteiger partial charge in [0, 0.05) is 18.7 Å². The van der Waals surface area contributed by atoms with E-state index in [9.17, 15) is 9.18 Å². The second-order valence-electron chi connectivity index (χ2n) is 4.74. The van der Waals surface area contributed by atoms with Crippen molar-refractivity contribution in [1.82, 2.24) is 5.32 Å². The molecule has 1 aromatic heterocycles. The number of aliphatic hydroxyl groups is 1. The lowest BCUT2D eigenvalue weighted by atomic mass is 10.1. The molecule has 0 fully saturated rings. The third-order valence-electron chi connectivity index (χ3n) is 3.01. The number of rotatable bonds is 8. The van der Waals surface area contributed by atoms with Crippen LogP contribution in [0.2, 0.25) is 0 Å². The summed E-state index contributed by atoms with van der Waals surface area (Å²) in [4.78, 5) is 11.8. The van der Waals surface area contributed by atoms with Crippen LogP contribution in [0.4, 0.5) is 14.9 Å². The van der Waals surface area contributed by atoms with Crippen LogP contribution >= 0.6 is 0 Å². The largest absolute Gasteiger partial charge is 0.464 e. The number of ether oxygens (including phenoxy) is 1. The highest BCUT2D eigenvalue weighted by Crippen LogP contribution is 2.25. The molecule has 3 N–H and O–H groups in total. The van der Waals surface area contributed by atoms with E-state index >= 15 is 0 Å². The number of hydrogen-bond donors (Lipinski definition) is 3. The number of amides is 2. The third kappa shape index (κ3) is 5.39. The fourth-order valence-electron chi connectivity index (χ4n) is 1.93. The number of carbonyl (C=O) groups is 1. The predicted octanol–water partition coefficient (Wildman–Crippen LogP) is 2.61. The maximum absolute atomic E-state index is 13.8. The second kappa shape index (κ2) is 8.92. The van der Waals surface area contributed by atoms with Crippen molar-refractivity contribution in [3.8, 4) is 11.3 Å². The summed E-state index contributed by atoms with van der Waals surface area (Å²) in [5.74, 6) is 0.0659. The minimum atomic E-state index is -0.526. The lowest BCUT2D eigenvalue weighted by Gasteiger charge is -2.09. The first-order valence-corrected chi connectivity index (χ1v) is 7.27. The smallest absolute Gasteiger partial charge is 0.319 e. The van der Waals surface area contributed by atoms with Crippen molar-refractivity contribution < 1.29 is 23.4 Å². The van der Waals surface area contributed by atoms with Crippen LogP contribution in [-0.2, 0) is 4.74 Å². The molecule has 0 atom stereocenters. The summed E-state index contributed by atoms with van der Waals surface area (Å²) in [6.07, 6.45) is 2.12. The quantitative estimate of drug-likeness (QED) is 0.652. The van der Waals surface area contributed by atoms with Gasteiger partial charge in [0.05, 0.1) is 25.2 Å². The highest BCUT2D eigenvalue weighted by molar-refractivity contribution is 5.90. The van der Waals surface area contributed by atoms with Gasteiger partial charge in [-0.15, -0.1) is 0 Å². The van der Waals surface area contributed by atoms with Crippen molar-refractivity contribution in [3.05, 3.63) is 42.4 Å². The van der Waals surface area contributed by atoms with Crippen LogP contribution in [-0.4, -0.2) is 37.5 Å². The molecule has 2 aromatic rings. The molecular formula is C16H19FN2O4. The van der Waals surface area contributed by atoms with E-state index < -0.39 is 11.8 Å². The Morgan fingerprint density at radius 1 is 1.30 bits per heavy atom. The van der Waals surface area contributed by atoms with Crippen molar-refractivity contribution in [3.63, 3.8) is 0 Å². The molecule has 0 aliphatic rings. The molecule has 2 amide bonds. The van der Waals surface area contributed by atoms with Crippen molar-refractivity contribution in [2.24, 2.45) is 0 Å². The number of anilines is 1. The van der Waals surface area contributed by atoms with Crippen LogP contribution in [0, 0.1) is 5.82 Å². The standard InChI is InChI=1S/C16H19FN2O4/c17-13-5-4-12(15-3-1-9-23-15)11-14(13)19-16(21)18-6-2-8-22-10-7-20/h1,3-5,9,11,20H,2,6-8,10H2,(H2,18,19,21). The van der Waals surface area contributed by atoms with Gasteiger partial charge in [-0.2, -0.15) is 0 Å². The van der Waals surface area contributed by atoms with E-state index in [1.807, 2.05) is 0 Å². The highest BCUT2D eigenvalue weighted by atomic mass is 19.1. The molecule has 0 aliphatic carbocycles. The van der Waals surface area contributed by atoms with Gasteiger partial charge >= 0.3 is 6.03 Å². The molecule has 6 nitrogen and oxygen atoms in total. The summed E-state index contributed by atoms with van der Waals surface area (Å²) in [6, 6.07) is 7.35. The Labute approximate surface area is 133 Å². The SMILES string of the molecule is O=C(NCCCOCCO)Nc1cc(-c2ccco2)ccc1F. The Kier molecular flexibility index (Phi) is 6.58. The molecule has 0 aliphatic heterocycles. The fraction of sp³-hybridized carbons (Fsp3) is 0.312. The zero-order valence-corrected chi connectivity index (χ0v) is 12.5. The number of hydrogen-bond acceptors (Lipinski definition) is 4.